The van der Waals surface area contributed by atoms with E-state index in [0.29, 0.717) is 0 Å². The van der Waals surface area contributed by atoms with E-state index in [1.807, 2.05) is 0 Å². The summed E-state index contributed by atoms with van der Waals surface area (Å²) in [5, 5.41) is 4.87. The van der Waals surface area contributed by atoms with Gasteiger partial charge in [0.05, 0.1) is 6.04 Å². The van der Waals surface area contributed by atoms with Gasteiger partial charge in [-0.15, -0.1) is 0 Å². The molecule has 0 aromatic carbocycles. The van der Waals surface area contributed by atoms with Crippen molar-refractivity contribution in [2.75, 3.05) is 7.05 Å². The first-order valence-corrected chi connectivity index (χ1v) is 3.76. The zero-order valence-electron chi connectivity index (χ0n) is 7.55. The van der Waals surface area contributed by atoms with Crippen molar-refractivity contribution in [3.05, 3.63) is 0 Å². The van der Waals surface area contributed by atoms with Gasteiger partial charge in [0.2, 0.25) is 11.8 Å². The molecule has 0 bridgehead atoms. The highest BCUT2D eigenvalue weighted by Crippen LogP contribution is 1.83. The fraction of sp³-hybridized carbons (Fsp3) is 0.714. The third-order valence-corrected chi connectivity index (χ3v) is 1.41. The number of rotatable bonds is 3. The lowest BCUT2D eigenvalue weighted by molar-refractivity contribution is -0.128. The summed E-state index contributed by atoms with van der Waals surface area (Å²) < 4.78 is 0. The van der Waals surface area contributed by atoms with Crippen LogP contribution in [0.5, 0.6) is 0 Å². The SMILES string of the molecule is CNC(=O)C(C)NC(=O)[C@H](C)N. The Morgan fingerprint density at radius 3 is 2.08 bits per heavy atom. The predicted molar refractivity (Wildman–Crippen MR) is 45.3 cm³/mol. The quantitative estimate of drug-likeness (QED) is 0.490. The van der Waals surface area contributed by atoms with Crippen LogP contribution in [0.4, 0.5) is 0 Å². The molecule has 0 saturated heterocycles. The van der Waals surface area contributed by atoms with Gasteiger partial charge in [-0.25, -0.2) is 0 Å². The number of nitrogens with two attached hydrogens (primary N) is 1. The zero-order valence-corrected chi connectivity index (χ0v) is 7.55. The molecular formula is C7H15N3O2. The van der Waals surface area contributed by atoms with Gasteiger partial charge in [-0.2, -0.15) is 0 Å². The Balaban J connectivity index is 3.92. The Kier molecular flexibility index (Phi) is 4.28. The minimum atomic E-state index is -0.586. The summed E-state index contributed by atoms with van der Waals surface area (Å²) in [6.45, 7) is 3.16. The van der Waals surface area contributed by atoms with E-state index in [9.17, 15) is 9.59 Å². The van der Waals surface area contributed by atoms with Crippen molar-refractivity contribution in [2.45, 2.75) is 25.9 Å². The van der Waals surface area contributed by atoms with Crippen LogP contribution >= 0.6 is 0 Å². The third-order valence-electron chi connectivity index (χ3n) is 1.41. The topological polar surface area (TPSA) is 84.2 Å². The van der Waals surface area contributed by atoms with E-state index in [2.05, 4.69) is 10.6 Å². The van der Waals surface area contributed by atoms with E-state index in [0.717, 1.165) is 0 Å². The smallest absolute Gasteiger partial charge is 0.242 e. The van der Waals surface area contributed by atoms with Crippen LogP contribution in [0.25, 0.3) is 0 Å². The fourth-order valence-electron chi connectivity index (χ4n) is 0.627. The fourth-order valence-corrected chi connectivity index (χ4v) is 0.627. The second-order valence-corrected chi connectivity index (χ2v) is 2.63. The van der Waals surface area contributed by atoms with Crippen LogP contribution in [0.3, 0.4) is 0 Å². The Bertz CT molecular complexity index is 179. The van der Waals surface area contributed by atoms with Crippen LogP contribution in [0, 0.1) is 0 Å². The molecule has 70 valence electrons. The number of carbonyl (C=O) groups excluding carboxylic acids is 2. The minimum Gasteiger partial charge on any atom is -0.357 e. The lowest BCUT2D eigenvalue weighted by Gasteiger charge is -2.13. The average Bonchev–Trinajstić information content (AvgIpc) is 2.02. The van der Waals surface area contributed by atoms with Crippen molar-refractivity contribution in [1.82, 2.24) is 10.6 Å². The number of hydrogen-bond donors (Lipinski definition) is 3. The Labute approximate surface area is 71.7 Å². The maximum Gasteiger partial charge on any atom is 0.242 e. The minimum absolute atomic E-state index is 0.232. The van der Waals surface area contributed by atoms with E-state index in [1.54, 1.807) is 13.8 Å². The van der Waals surface area contributed by atoms with Crippen LogP contribution < -0.4 is 16.4 Å². The number of nitrogens with one attached hydrogen (secondary N) is 2. The van der Waals surface area contributed by atoms with Crippen molar-refractivity contribution >= 4 is 11.8 Å². The molecule has 0 aliphatic rings. The molecule has 2 amide bonds. The lowest BCUT2D eigenvalue weighted by atomic mass is 10.2. The molecule has 1 unspecified atom stereocenters. The highest BCUT2D eigenvalue weighted by Gasteiger charge is 2.15. The number of hydrogen-bond acceptors (Lipinski definition) is 3. The van der Waals surface area contributed by atoms with Gasteiger partial charge in [-0.05, 0) is 13.8 Å². The molecule has 2 atom stereocenters. The van der Waals surface area contributed by atoms with Gasteiger partial charge in [0.25, 0.3) is 0 Å². The first-order valence-electron chi connectivity index (χ1n) is 3.76. The molecule has 4 N–H and O–H groups in total. The Hall–Kier alpha value is -1.10. The molecule has 0 aromatic heterocycles. The molecule has 5 nitrogen and oxygen atoms in total. The highest BCUT2D eigenvalue weighted by molar-refractivity contribution is 5.88. The second kappa shape index (κ2) is 4.71. The molecule has 0 aliphatic heterocycles. The zero-order chi connectivity index (χ0) is 9.72. The Morgan fingerprint density at radius 2 is 1.75 bits per heavy atom. The molecule has 0 saturated carbocycles. The van der Waals surface area contributed by atoms with Gasteiger partial charge in [-0.1, -0.05) is 0 Å². The molecular weight excluding hydrogens is 158 g/mol. The number of likely N-dealkylation sites (N-methyl/N-ethyl adjacent to an activating group) is 1. The van der Waals surface area contributed by atoms with Gasteiger partial charge >= 0.3 is 0 Å². The standard InChI is InChI=1S/C7H15N3O2/c1-4(8)6(11)10-5(2)7(12)9-3/h4-5H,8H2,1-3H3,(H,9,12)(H,10,11)/t4-,5?/m0/s1. The molecule has 0 spiro atoms. The third kappa shape index (κ3) is 3.34. The summed E-state index contributed by atoms with van der Waals surface area (Å²) in [4.78, 5) is 21.9. The monoisotopic (exact) mass is 173 g/mol. The predicted octanol–water partition coefficient (Wildman–Crippen LogP) is -1.42. The maximum atomic E-state index is 11.0. The number of carbonyl (C=O) groups is 2. The van der Waals surface area contributed by atoms with E-state index in [1.165, 1.54) is 7.05 Å². The van der Waals surface area contributed by atoms with E-state index in [-0.39, 0.29) is 11.8 Å². The summed E-state index contributed by atoms with van der Waals surface area (Å²) in [5.41, 5.74) is 5.28. The summed E-state index contributed by atoms with van der Waals surface area (Å²) in [7, 11) is 1.51. The van der Waals surface area contributed by atoms with Crippen LogP contribution in [0.2, 0.25) is 0 Å². The van der Waals surface area contributed by atoms with Crippen LogP contribution in [0.1, 0.15) is 13.8 Å². The van der Waals surface area contributed by atoms with Crippen molar-refractivity contribution in [3.63, 3.8) is 0 Å². The summed E-state index contributed by atoms with van der Waals surface area (Å²) in [6, 6.07) is -1.12. The Morgan fingerprint density at radius 1 is 1.25 bits per heavy atom. The normalized spacial score (nSPS) is 14.7. The first kappa shape index (κ1) is 10.9. The molecule has 0 heterocycles. The van der Waals surface area contributed by atoms with Gasteiger partial charge in [-0.3, -0.25) is 9.59 Å². The molecule has 0 aliphatic carbocycles. The van der Waals surface area contributed by atoms with Crippen LogP contribution in [-0.2, 0) is 9.59 Å². The maximum absolute atomic E-state index is 11.0. The van der Waals surface area contributed by atoms with Gasteiger partial charge < -0.3 is 16.4 Å². The van der Waals surface area contributed by atoms with Crippen molar-refractivity contribution < 1.29 is 9.59 Å². The summed E-state index contributed by atoms with van der Waals surface area (Å²) >= 11 is 0. The van der Waals surface area contributed by atoms with Gasteiger partial charge in [0.15, 0.2) is 0 Å². The number of amides is 2. The van der Waals surface area contributed by atoms with E-state index >= 15 is 0 Å². The molecule has 12 heavy (non-hydrogen) atoms. The van der Waals surface area contributed by atoms with E-state index in [4.69, 9.17) is 5.73 Å². The molecule has 0 radical (unpaired) electrons. The van der Waals surface area contributed by atoms with Crippen molar-refractivity contribution in [3.8, 4) is 0 Å². The van der Waals surface area contributed by atoms with Gasteiger partial charge in [0, 0.05) is 7.05 Å². The first-order chi connectivity index (χ1) is 5.49. The van der Waals surface area contributed by atoms with Crippen molar-refractivity contribution in [2.24, 2.45) is 5.73 Å². The van der Waals surface area contributed by atoms with Crippen molar-refractivity contribution in [1.29, 1.82) is 0 Å². The van der Waals surface area contributed by atoms with E-state index < -0.39 is 12.1 Å². The van der Waals surface area contributed by atoms with Gasteiger partial charge in [0.1, 0.15) is 6.04 Å². The average molecular weight is 173 g/mol. The summed E-state index contributed by atoms with van der Waals surface area (Å²) in [6.07, 6.45) is 0. The molecule has 5 heteroatoms. The second-order valence-electron chi connectivity index (χ2n) is 2.63. The van der Waals surface area contributed by atoms with Crippen LogP contribution in [0.15, 0.2) is 0 Å². The summed E-state index contributed by atoms with van der Waals surface area (Å²) in [5.74, 6) is -0.560. The highest BCUT2D eigenvalue weighted by atomic mass is 16.2. The molecule has 0 rings (SSSR count). The van der Waals surface area contributed by atoms with Crippen LogP contribution in [-0.4, -0.2) is 30.9 Å². The molecule has 0 aromatic rings. The largest absolute Gasteiger partial charge is 0.357 e. The molecule has 0 fully saturated rings. The lowest BCUT2D eigenvalue weighted by Crippen LogP contribution is -2.48.